The Hall–Kier alpha value is -0.120. The van der Waals surface area contributed by atoms with Gasteiger partial charge in [0.2, 0.25) is 0 Å². The van der Waals surface area contributed by atoms with E-state index in [-0.39, 0.29) is 0 Å². The van der Waals surface area contributed by atoms with Crippen LogP contribution < -0.4 is 0 Å². The van der Waals surface area contributed by atoms with E-state index in [9.17, 15) is 0 Å². The third kappa shape index (κ3) is 2.67. The average Bonchev–Trinajstić information content (AvgIpc) is 2.86. The SMILES string of the molecule is CC1OCCC1CN1CCCN2CCCC2C1. The molecule has 0 N–H and O–H groups in total. The zero-order valence-electron chi connectivity index (χ0n) is 11.1. The van der Waals surface area contributed by atoms with E-state index in [0.717, 1.165) is 18.6 Å². The van der Waals surface area contributed by atoms with Gasteiger partial charge in [-0.3, -0.25) is 4.90 Å². The highest BCUT2D eigenvalue weighted by Gasteiger charge is 2.31. The van der Waals surface area contributed by atoms with Crippen molar-refractivity contribution in [2.75, 3.05) is 39.3 Å². The van der Waals surface area contributed by atoms with Gasteiger partial charge in [-0.05, 0) is 58.2 Å². The predicted molar refractivity (Wildman–Crippen MR) is 69.2 cm³/mol. The summed E-state index contributed by atoms with van der Waals surface area (Å²) in [5, 5.41) is 0. The van der Waals surface area contributed by atoms with Crippen LogP contribution in [-0.2, 0) is 4.74 Å². The second kappa shape index (κ2) is 5.25. The Kier molecular flexibility index (Phi) is 3.69. The van der Waals surface area contributed by atoms with Gasteiger partial charge >= 0.3 is 0 Å². The minimum Gasteiger partial charge on any atom is -0.378 e. The summed E-state index contributed by atoms with van der Waals surface area (Å²) < 4.78 is 5.69. The molecule has 0 bridgehead atoms. The molecule has 3 rings (SSSR count). The van der Waals surface area contributed by atoms with Crippen LogP contribution in [0.2, 0.25) is 0 Å². The molecule has 0 saturated carbocycles. The van der Waals surface area contributed by atoms with Crippen LogP contribution in [0.5, 0.6) is 0 Å². The minimum absolute atomic E-state index is 0.484. The van der Waals surface area contributed by atoms with Crippen molar-refractivity contribution in [2.24, 2.45) is 5.92 Å². The second-order valence-electron chi connectivity index (χ2n) is 6.07. The van der Waals surface area contributed by atoms with Gasteiger partial charge in [-0.25, -0.2) is 0 Å². The molecule has 17 heavy (non-hydrogen) atoms. The smallest absolute Gasteiger partial charge is 0.0588 e. The van der Waals surface area contributed by atoms with Crippen LogP contribution in [0, 0.1) is 5.92 Å². The minimum atomic E-state index is 0.484. The van der Waals surface area contributed by atoms with Crippen LogP contribution in [-0.4, -0.2) is 61.3 Å². The van der Waals surface area contributed by atoms with Gasteiger partial charge in [0.25, 0.3) is 0 Å². The molecule has 3 aliphatic rings. The largest absolute Gasteiger partial charge is 0.378 e. The van der Waals surface area contributed by atoms with Crippen molar-refractivity contribution >= 4 is 0 Å². The second-order valence-corrected chi connectivity index (χ2v) is 6.07. The summed E-state index contributed by atoms with van der Waals surface area (Å²) in [5.41, 5.74) is 0. The van der Waals surface area contributed by atoms with E-state index in [1.807, 2.05) is 0 Å². The number of hydrogen-bond acceptors (Lipinski definition) is 3. The number of ether oxygens (including phenoxy) is 1. The monoisotopic (exact) mass is 238 g/mol. The molecule has 0 aromatic carbocycles. The molecule has 3 aliphatic heterocycles. The molecular formula is C14H26N2O. The van der Waals surface area contributed by atoms with Gasteiger partial charge in [-0.1, -0.05) is 0 Å². The first-order valence-corrected chi connectivity index (χ1v) is 7.41. The standard InChI is InChI=1S/C14H26N2O/c1-12-13(5-9-17-12)10-15-6-3-8-16-7-2-4-14(16)11-15/h12-14H,2-11H2,1H3. The maximum atomic E-state index is 5.69. The van der Waals surface area contributed by atoms with Crippen LogP contribution in [0.1, 0.15) is 32.6 Å². The van der Waals surface area contributed by atoms with E-state index in [1.54, 1.807) is 0 Å². The van der Waals surface area contributed by atoms with E-state index in [2.05, 4.69) is 16.7 Å². The van der Waals surface area contributed by atoms with Gasteiger partial charge in [-0.15, -0.1) is 0 Å². The molecular weight excluding hydrogens is 212 g/mol. The highest BCUT2D eigenvalue weighted by Crippen LogP contribution is 2.25. The number of rotatable bonds is 2. The molecule has 3 fully saturated rings. The van der Waals surface area contributed by atoms with E-state index in [4.69, 9.17) is 4.74 Å². The fraction of sp³-hybridized carbons (Fsp3) is 1.00. The van der Waals surface area contributed by atoms with Gasteiger partial charge in [0.15, 0.2) is 0 Å². The predicted octanol–water partition coefficient (Wildman–Crippen LogP) is 1.58. The fourth-order valence-corrected chi connectivity index (χ4v) is 3.80. The summed E-state index contributed by atoms with van der Waals surface area (Å²) >= 11 is 0. The van der Waals surface area contributed by atoms with Crippen molar-refractivity contribution < 1.29 is 4.74 Å². The maximum absolute atomic E-state index is 5.69. The van der Waals surface area contributed by atoms with Gasteiger partial charge in [0, 0.05) is 25.7 Å². The molecule has 3 atom stereocenters. The lowest BCUT2D eigenvalue weighted by atomic mass is 10.0. The van der Waals surface area contributed by atoms with Crippen molar-refractivity contribution in [2.45, 2.75) is 44.8 Å². The topological polar surface area (TPSA) is 15.7 Å². The summed E-state index contributed by atoms with van der Waals surface area (Å²) in [5.74, 6) is 0.781. The van der Waals surface area contributed by atoms with E-state index in [0.29, 0.717) is 6.10 Å². The van der Waals surface area contributed by atoms with Crippen LogP contribution in [0.15, 0.2) is 0 Å². The lowest BCUT2D eigenvalue weighted by Crippen LogP contribution is -2.39. The molecule has 3 nitrogen and oxygen atoms in total. The Morgan fingerprint density at radius 2 is 2.00 bits per heavy atom. The van der Waals surface area contributed by atoms with E-state index in [1.165, 1.54) is 58.4 Å². The van der Waals surface area contributed by atoms with Crippen molar-refractivity contribution in [3.8, 4) is 0 Å². The Balaban J connectivity index is 1.55. The molecule has 0 aromatic rings. The lowest BCUT2D eigenvalue weighted by Gasteiger charge is -2.28. The first kappa shape index (κ1) is 11.9. The molecule has 0 amide bonds. The number of fused-ring (bicyclic) bond motifs is 1. The molecule has 3 heteroatoms. The quantitative estimate of drug-likeness (QED) is 0.726. The highest BCUT2D eigenvalue weighted by atomic mass is 16.5. The van der Waals surface area contributed by atoms with Crippen molar-refractivity contribution in [3.63, 3.8) is 0 Å². The summed E-state index contributed by atoms with van der Waals surface area (Å²) in [7, 11) is 0. The summed E-state index contributed by atoms with van der Waals surface area (Å²) in [6, 6.07) is 0.857. The molecule has 3 heterocycles. The molecule has 0 aromatic heterocycles. The molecule has 3 saturated heterocycles. The first-order chi connectivity index (χ1) is 8.33. The van der Waals surface area contributed by atoms with E-state index >= 15 is 0 Å². The van der Waals surface area contributed by atoms with Crippen LogP contribution >= 0.6 is 0 Å². The van der Waals surface area contributed by atoms with Crippen molar-refractivity contribution in [1.29, 1.82) is 0 Å². The van der Waals surface area contributed by atoms with Crippen LogP contribution in [0.25, 0.3) is 0 Å². The van der Waals surface area contributed by atoms with Gasteiger partial charge in [0.05, 0.1) is 6.10 Å². The number of hydrogen-bond donors (Lipinski definition) is 0. The van der Waals surface area contributed by atoms with Gasteiger partial charge < -0.3 is 9.64 Å². The summed E-state index contributed by atoms with van der Waals surface area (Å²) in [4.78, 5) is 5.43. The molecule has 0 radical (unpaired) electrons. The van der Waals surface area contributed by atoms with Crippen LogP contribution in [0.4, 0.5) is 0 Å². The van der Waals surface area contributed by atoms with Crippen molar-refractivity contribution in [1.82, 2.24) is 9.80 Å². The molecule has 0 aliphatic carbocycles. The Morgan fingerprint density at radius 1 is 1.12 bits per heavy atom. The molecule has 98 valence electrons. The Labute approximate surface area is 105 Å². The fourth-order valence-electron chi connectivity index (χ4n) is 3.80. The summed E-state index contributed by atoms with van der Waals surface area (Å²) in [6.07, 6.45) is 5.96. The normalized spacial score (nSPS) is 40.4. The lowest BCUT2D eigenvalue weighted by molar-refractivity contribution is 0.0909. The third-order valence-electron chi connectivity index (χ3n) is 4.91. The molecule has 0 spiro atoms. The van der Waals surface area contributed by atoms with Crippen molar-refractivity contribution in [3.05, 3.63) is 0 Å². The van der Waals surface area contributed by atoms with Gasteiger partial charge in [0.1, 0.15) is 0 Å². The zero-order chi connectivity index (χ0) is 11.7. The van der Waals surface area contributed by atoms with E-state index < -0.39 is 0 Å². The first-order valence-electron chi connectivity index (χ1n) is 7.41. The Bertz CT molecular complexity index is 259. The average molecular weight is 238 g/mol. The number of nitrogens with zero attached hydrogens (tertiary/aromatic N) is 2. The summed E-state index contributed by atoms with van der Waals surface area (Å²) in [6.45, 7) is 9.79. The maximum Gasteiger partial charge on any atom is 0.0588 e. The van der Waals surface area contributed by atoms with Crippen LogP contribution in [0.3, 0.4) is 0 Å². The van der Waals surface area contributed by atoms with Gasteiger partial charge in [-0.2, -0.15) is 0 Å². The highest BCUT2D eigenvalue weighted by molar-refractivity contribution is 4.86. The Morgan fingerprint density at radius 3 is 2.82 bits per heavy atom. The molecule has 3 unspecified atom stereocenters. The third-order valence-corrected chi connectivity index (χ3v) is 4.91. The zero-order valence-corrected chi connectivity index (χ0v) is 11.1.